The van der Waals surface area contributed by atoms with E-state index in [1.165, 1.54) is 6.92 Å². The molecule has 18 heavy (non-hydrogen) atoms. The third-order valence-electron chi connectivity index (χ3n) is 2.25. The molecule has 0 fully saturated rings. The molecule has 2 atom stereocenters. The molecular formula is C11H13ClFNO3S. The lowest BCUT2D eigenvalue weighted by atomic mass is 10.0. The van der Waals surface area contributed by atoms with Crippen LogP contribution in [0.2, 0.25) is 5.02 Å². The Bertz CT molecular complexity index is 433. The maximum absolute atomic E-state index is 12.9. The van der Waals surface area contributed by atoms with Gasteiger partial charge in [-0.2, -0.15) is 4.39 Å². The molecule has 0 aliphatic heterocycles. The van der Waals surface area contributed by atoms with Gasteiger partial charge in [-0.1, -0.05) is 23.4 Å². The predicted octanol–water partition coefficient (Wildman–Crippen LogP) is 1.94. The Morgan fingerprint density at radius 3 is 2.89 bits per heavy atom. The van der Waals surface area contributed by atoms with Gasteiger partial charge in [-0.15, -0.1) is 0 Å². The fourth-order valence-corrected chi connectivity index (χ4v) is 2.20. The second kappa shape index (κ2) is 7.04. The van der Waals surface area contributed by atoms with Crippen LogP contribution in [-0.2, 0) is 4.79 Å². The van der Waals surface area contributed by atoms with Gasteiger partial charge in [0.1, 0.15) is 6.10 Å². The van der Waals surface area contributed by atoms with Gasteiger partial charge in [-0.3, -0.25) is 4.79 Å². The van der Waals surface area contributed by atoms with Crippen LogP contribution in [0.15, 0.2) is 12.3 Å². The van der Waals surface area contributed by atoms with Crippen LogP contribution in [0.1, 0.15) is 25.0 Å². The zero-order valence-electron chi connectivity index (χ0n) is 9.64. The summed E-state index contributed by atoms with van der Waals surface area (Å²) >= 11 is 6.81. The van der Waals surface area contributed by atoms with E-state index in [-0.39, 0.29) is 22.1 Å². The topological polar surface area (TPSA) is 70.4 Å². The number of hydrogen-bond acceptors (Lipinski definition) is 5. The number of carbonyl (C=O) groups is 1. The molecule has 1 rings (SSSR count). The first-order chi connectivity index (χ1) is 8.41. The molecule has 7 heteroatoms. The molecule has 0 bridgehead atoms. The summed E-state index contributed by atoms with van der Waals surface area (Å²) in [6.45, 7) is 1.42. The van der Waals surface area contributed by atoms with Crippen LogP contribution in [-0.4, -0.2) is 32.2 Å². The van der Waals surface area contributed by atoms with Gasteiger partial charge in [-0.25, -0.2) is 4.98 Å². The van der Waals surface area contributed by atoms with Crippen LogP contribution < -0.4 is 0 Å². The number of aliphatic hydroxyl groups is 2. The van der Waals surface area contributed by atoms with Crippen molar-refractivity contribution in [2.24, 2.45) is 0 Å². The smallest absolute Gasteiger partial charge is 0.213 e. The van der Waals surface area contributed by atoms with Crippen molar-refractivity contribution < 1.29 is 19.4 Å². The van der Waals surface area contributed by atoms with Crippen molar-refractivity contribution in [3.05, 3.63) is 28.8 Å². The zero-order chi connectivity index (χ0) is 13.7. The van der Waals surface area contributed by atoms with Gasteiger partial charge in [0.25, 0.3) is 0 Å². The molecule has 0 aliphatic rings. The van der Waals surface area contributed by atoms with Gasteiger partial charge in [0, 0.05) is 30.5 Å². The SMILES string of the molecule is CC(=O)SCCC(O)C(O)c1cc(F)ncc1Cl. The molecule has 1 aromatic heterocycles. The second-order valence-corrected chi connectivity index (χ2v) is 5.35. The van der Waals surface area contributed by atoms with Crippen molar-refractivity contribution >= 4 is 28.5 Å². The summed E-state index contributed by atoms with van der Waals surface area (Å²) in [5.41, 5.74) is 0.0875. The Morgan fingerprint density at radius 2 is 2.28 bits per heavy atom. The lowest BCUT2D eigenvalue weighted by Gasteiger charge is -2.18. The highest BCUT2D eigenvalue weighted by molar-refractivity contribution is 8.13. The van der Waals surface area contributed by atoms with E-state index in [2.05, 4.69) is 4.98 Å². The van der Waals surface area contributed by atoms with Gasteiger partial charge in [0.15, 0.2) is 5.12 Å². The Balaban J connectivity index is 2.64. The summed E-state index contributed by atoms with van der Waals surface area (Å²) in [4.78, 5) is 14.0. The molecule has 1 heterocycles. The Kier molecular flexibility index (Phi) is 6.01. The van der Waals surface area contributed by atoms with E-state index in [1.807, 2.05) is 0 Å². The van der Waals surface area contributed by atoms with Crippen molar-refractivity contribution in [2.45, 2.75) is 25.6 Å². The highest BCUT2D eigenvalue weighted by Crippen LogP contribution is 2.26. The van der Waals surface area contributed by atoms with Crippen molar-refractivity contribution in [1.82, 2.24) is 4.98 Å². The molecule has 100 valence electrons. The van der Waals surface area contributed by atoms with Gasteiger partial charge in [0.05, 0.1) is 11.1 Å². The van der Waals surface area contributed by atoms with E-state index in [4.69, 9.17) is 11.6 Å². The molecule has 2 unspecified atom stereocenters. The van der Waals surface area contributed by atoms with Gasteiger partial charge >= 0.3 is 0 Å². The standard InChI is InChI=1S/C11H13ClFNO3S/c1-6(15)18-3-2-9(16)11(17)7-4-10(13)14-5-8(7)12/h4-5,9,11,16-17H,2-3H2,1H3. The quantitative estimate of drug-likeness (QED) is 0.812. The monoisotopic (exact) mass is 293 g/mol. The van der Waals surface area contributed by atoms with Crippen LogP contribution in [0, 0.1) is 5.95 Å². The van der Waals surface area contributed by atoms with E-state index >= 15 is 0 Å². The minimum absolute atomic E-state index is 0.0651. The molecule has 0 spiro atoms. The van der Waals surface area contributed by atoms with E-state index < -0.39 is 18.2 Å². The fourth-order valence-electron chi connectivity index (χ4n) is 1.34. The van der Waals surface area contributed by atoms with Gasteiger partial charge in [-0.05, 0) is 6.42 Å². The number of carbonyl (C=O) groups excluding carboxylic acids is 1. The average molecular weight is 294 g/mol. The molecule has 0 aromatic carbocycles. The van der Waals surface area contributed by atoms with Crippen LogP contribution in [0.25, 0.3) is 0 Å². The first-order valence-electron chi connectivity index (χ1n) is 5.22. The number of nitrogens with zero attached hydrogens (tertiary/aromatic N) is 1. The first kappa shape index (κ1) is 15.4. The number of aromatic nitrogens is 1. The molecule has 1 aromatic rings. The molecular weight excluding hydrogens is 281 g/mol. The van der Waals surface area contributed by atoms with Crippen molar-refractivity contribution in [3.63, 3.8) is 0 Å². The summed E-state index contributed by atoms with van der Waals surface area (Å²) in [5.74, 6) is -0.405. The minimum Gasteiger partial charge on any atom is -0.390 e. The number of pyridine rings is 1. The summed E-state index contributed by atoms with van der Waals surface area (Å²) < 4.78 is 12.9. The summed E-state index contributed by atoms with van der Waals surface area (Å²) in [6, 6.07) is 0.980. The van der Waals surface area contributed by atoms with Crippen LogP contribution in [0.4, 0.5) is 4.39 Å². The third-order valence-corrected chi connectivity index (χ3v) is 3.42. The van der Waals surface area contributed by atoms with E-state index in [9.17, 15) is 19.4 Å². The lowest BCUT2D eigenvalue weighted by Crippen LogP contribution is -2.20. The largest absolute Gasteiger partial charge is 0.390 e. The summed E-state index contributed by atoms with van der Waals surface area (Å²) in [7, 11) is 0. The number of aliphatic hydroxyl groups excluding tert-OH is 2. The van der Waals surface area contributed by atoms with Gasteiger partial charge in [0.2, 0.25) is 5.95 Å². The zero-order valence-corrected chi connectivity index (χ0v) is 11.2. The fraction of sp³-hybridized carbons (Fsp3) is 0.455. The first-order valence-corrected chi connectivity index (χ1v) is 6.58. The van der Waals surface area contributed by atoms with Crippen molar-refractivity contribution in [2.75, 3.05) is 5.75 Å². The normalized spacial score (nSPS) is 14.3. The summed E-state index contributed by atoms with van der Waals surface area (Å²) in [6.07, 6.45) is -1.14. The van der Waals surface area contributed by atoms with E-state index in [0.717, 1.165) is 24.0 Å². The van der Waals surface area contributed by atoms with E-state index in [0.29, 0.717) is 5.75 Å². The van der Waals surface area contributed by atoms with Crippen LogP contribution in [0.5, 0.6) is 0 Å². The molecule has 4 nitrogen and oxygen atoms in total. The molecule has 2 N–H and O–H groups in total. The lowest BCUT2D eigenvalue weighted by molar-refractivity contribution is -0.109. The Morgan fingerprint density at radius 1 is 1.61 bits per heavy atom. The maximum Gasteiger partial charge on any atom is 0.213 e. The highest BCUT2D eigenvalue weighted by Gasteiger charge is 2.21. The number of hydrogen-bond donors (Lipinski definition) is 2. The maximum atomic E-state index is 12.9. The Hall–Kier alpha value is -0.690. The average Bonchev–Trinajstić information content (AvgIpc) is 2.30. The molecule has 0 saturated carbocycles. The number of rotatable bonds is 5. The molecule has 0 saturated heterocycles. The van der Waals surface area contributed by atoms with Crippen LogP contribution in [0.3, 0.4) is 0 Å². The molecule has 0 radical (unpaired) electrons. The third kappa shape index (κ3) is 4.53. The van der Waals surface area contributed by atoms with Crippen molar-refractivity contribution in [3.8, 4) is 0 Å². The Labute approximate surface area is 113 Å². The minimum atomic E-state index is -1.30. The van der Waals surface area contributed by atoms with Crippen molar-refractivity contribution in [1.29, 1.82) is 0 Å². The number of halogens is 2. The van der Waals surface area contributed by atoms with E-state index in [1.54, 1.807) is 0 Å². The summed E-state index contributed by atoms with van der Waals surface area (Å²) in [5, 5.41) is 19.6. The van der Waals surface area contributed by atoms with Gasteiger partial charge < -0.3 is 10.2 Å². The van der Waals surface area contributed by atoms with Crippen LogP contribution >= 0.6 is 23.4 Å². The second-order valence-electron chi connectivity index (χ2n) is 3.67. The number of thioether (sulfide) groups is 1. The highest BCUT2D eigenvalue weighted by atomic mass is 35.5. The predicted molar refractivity (Wildman–Crippen MR) is 67.9 cm³/mol. The molecule has 0 aliphatic carbocycles. The molecule has 0 amide bonds.